The standard InChI is InChI=1S/C12H27NO3/c1-5-12(4,15)9-13-6-11(14)8-16-7-10(2)3/h10-11,13-15H,5-9H2,1-4H3. The monoisotopic (exact) mass is 233 g/mol. The second-order valence-corrected chi connectivity index (χ2v) is 5.07. The molecule has 0 rings (SSSR count). The van der Waals surface area contributed by atoms with Crippen LogP contribution in [0, 0.1) is 5.92 Å². The lowest BCUT2D eigenvalue weighted by Gasteiger charge is -2.22. The van der Waals surface area contributed by atoms with Crippen molar-refractivity contribution in [2.24, 2.45) is 5.92 Å². The minimum atomic E-state index is -0.696. The summed E-state index contributed by atoms with van der Waals surface area (Å²) in [5, 5.41) is 22.3. The van der Waals surface area contributed by atoms with E-state index < -0.39 is 11.7 Å². The average Bonchev–Trinajstić information content (AvgIpc) is 2.17. The fourth-order valence-corrected chi connectivity index (χ4v) is 1.13. The van der Waals surface area contributed by atoms with E-state index in [4.69, 9.17) is 4.74 Å². The molecule has 0 aliphatic rings. The Morgan fingerprint density at radius 3 is 2.44 bits per heavy atom. The Hall–Kier alpha value is -0.160. The van der Waals surface area contributed by atoms with E-state index in [0.29, 0.717) is 38.6 Å². The van der Waals surface area contributed by atoms with Gasteiger partial charge in [-0.25, -0.2) is 0 Å². The summed E-state index contributed by atoms with van der Waals surface area (Å²) in [6, 6.07) is 0. The van der Waals surface area contributed by atoms with Gasteiger partial charge in [-0.3, -0.25) is 0 Å². The van der Waals surface area contributed by atoms with Crippen molar-refractivity contribution in [1.82, 2.24) is 5.32 Å². The molecule has 0 amide bonds. The highest BCUT2D eigenvalue weighted by molar-refractivity contribution is 4.74. The van der Waals surface area contributed by atoms with Crippen LogP contribution in [0.25, 0.3) is 0 Å². The van der Waals surface area contributed by atoms with E-state index in [1.54, 1.807) is 6.92 Å². The van der Waals surface area contributed by atoms with Crippen molar-refractivity contribution in [2.75, 3.05) is 26.3 Å². The quantitative estimate of drug-likeness (QED) is 0.550. The minimum absolute atomic E-state index is 0.347. The van der Waals surface area contributed by atoms with Crippen LogP contribution in [0.5, 0.6) is 0 Å². The summed E-state index contributed by atoms with van der Waals surface area (Å²) in [7, 11) is 0. The van der Waals surface area contributed by atoms with E-state index in [0.717, 1.165) is 0 Å². The molecule has 0 aromatic rings. The Labute approximate surface area is 99.0 Å². The van der Waals surface area contributed by atoms with Crippen LogP contribution >= 0.6 is 0 Å². The molecule has 0 fully saturated rings. The number of aliphatic hydroxyl groups excluding tert-OH is 1. The van der Waals surface area contributed by atoms with Gasteiger partial charge in [-0.2, -0.15) is 0 Å². The predicted octanol–water partition coefficient (Wildman–Crippen LogP) is 0.770. The van der Waals surface area contributed by atoms with E-state index in [1.165, 1.54) is 0 Å². The number of ether oxygens (including phenoxy) is 1. The topological polar surface area (TPSA) is 61.7 Å². The molecule has 0 aromatic carbocycles. The number of nitrogens with one attached hydrogen (secondary N) is 1. The normalized spacial score (nSPS) is 17.4. The van der Waals surface area contributed by atoms with Crippen LogP contribution in [0.2, 0.25) is 0 Å². The van der Waals surface area contributed by atoms with Gasteiger partial charge in [-0.1, -0.05) is 20.8 Å². The summed E-state index contributed by atoms with van der Waals surface area (Å²) < 4.78 is 5.31. The third-order valence-corrected chi connectivity index (χ3v) is 2.41. The molecular formula is C12H27NO3. The summed E-state index contributed by atoms with van der Waals surface area (Å²) in [6.45, 7) is 9.82. The average molecular weight is 233 g/mol. The zero-order valence-electron chi connectivity index (χ0n) is 11.0. The van der Waals surface area contributed by atoms with Crippen LogP contribution < -0.4 is 5.32 Å². The molecule has 98 valence electrons. The second-order valence-electron chi connectivity index (χ2n) is 5.07. The Morgan fingerprint density at radius 1 is 1.31 bits per heavy atom. The highest BCUT2D eigenvalue weighted by Crippen LogP contribution is 2.05. The molecule has 4 nitrogen and oxygen atoms in total. The van der Waals surface area contributed by atoms with E-state index in [2.05, 4.69) is 19.2 Å². The fourth-order valence-electron chi connectivity index (χ4n) is 1.13. The summed E-state index contributed by atoms with van der Waals surface area (Å²) in [6.07, 6.45) is 0.186. The maximum Gasteiger partial charge on any atom is 0.0897 e. The minimum Gasteiger partial charge on any atom is -0.389 e. The molecule has 16 heavy (non-hydrogen) atoms. The molecule has 2 atom stereocenters. The van der Waals surface area contributed by atoms with Crippen molar-refractivity contribution < 1.29 is 14.9 Å². The molecule has 0 spiro atoms. The van der Waals surface area contributed by atoms with Gasteiger partial charge in [0.1, 0.15) is 0 Å². The smallest absolute Gasteiger partial charge is 0.0897 e. The van der Waals surface area contributed by atoms with Gasteiger partial charge >= 0.3 is 0 Å². The zero-order valence-corrected chi connectivity index (χ0v) is 11.0. The Balaban J connectivity index is 3.47. The van der Waals surface area contributed by atoms with Gasteiger partial charge in [0.2, 0.25) is 0 Å². The fraction of sp³-hybridized carbons (Fsp3) is 1.00. The number of hydrogen-bond donors (Lipinski definition) is 3. The molecule has 0 heterocycles. The molecule has 0 saturated heterocycles. The molecule has 0 aromatic heterocycles. The molecule has 4 heteroatoms. The van der Waals surface area contributed by atoms with Gasteiger partial charge in [0.25, 0.3) is 0 Å². The second kappa shape index (κ2) is 8.01. The number of aliphatic hydroxyl groups is 2. The van der Waals surface area contributed by atoms with E-state index in [9.17, 15) is 10.2 Å². The van der Waals surface area contributed by atoms with Crippen molar-refractivity contribution in [3.05, 3.63) is 0 Å². The largest absolute Gasteiger partial charge is 0.389 e. The highest BCUT2D eigenvalue weighted by atomic mass is 16.5. The van der Waals surface area contributed by atoms with Crippen molar-refractivity contribution in [1.29, 1.82) is 0 Å². The molecule has 0 radical (unpaired) electrons. The maximum atomic E-state index is 9.71. The summed E-state index contributed by atoms with van der Waals surface area (Å²) in [5.74, 6) is 0.487. The van der Waals surface area contributed by atoms with Crippen LogP contribution in [-0.4, -0.2) is 48.2 Å². The summed E-state index contributed by atoms with van der Waals surface area (Å²) in [5.41, 5.74) is -0.696. The molecule has 0 aliphatic heterocycles. The Kier molecular flexibility index (Phi) is 7.93. The maximum absolute atomic E-state index is 9.71. The molecular weight excluding hydrogens is 206 g/mol. The van der Waals surface area contributed by atoms with Gasteiger partial charge in [-0.15, -0.1) is 0 Å². The van der Waals surface area contributed by atoms with Crippen molar-refractivity contribution in [2.45, 2.75) is 45.8 Å². The number of rotatable bonds is 9. The van der Waals surface area contributed by atoms with Gasteiger partial charge in [0, 0.05) is 19.7 Å². The number of hydrogen-bond acceptors (Lipinski definition) is 4. The molecule has 0 aliphatic carbocycles. The van der Waals surface area contributed by atoms with Crippen LogP contribution in [0.15, 0.2) is 0 Å². The van der Waals surface area contributed by atoms with E-state index in [-0.39, 0.29) is 0 Å². The van der Waals surface area contributed by atoms with Crippen LogP contribution in [0.3, 0.4) is 0 Å². The highest BCUT2D eigenvalue weighted by Gasteiger charge is 2.17. The summed E-state index contributed by atoms with van der Waals surface area (Å²) in [4.78, 5) is 0. The van der Waals surface area contributed by atoms with Crippen LogP contribution in [0.1, 0.15) is 34.1 Å². The Bertz CT molecular complexity index is 172. The lowest BCUT2D eigenvalue weighted by molar-refractivity contribution is 0.0182. The molecule has 0 bridgehead atoms. The van der Waals surface area contributed by atoms with Crippen molar-refractivity contribution >= 4 is 0 Å². The summed E-state index contributed by atoms with van der Waals surface area (Å²) >= 11 is 0. The van der Waals surface area contributed by atoms with Crippen molar-refractivity contribution in [3.63, 3.8) is 0 Å². The molecule has 2 unspecified atom stereocenters. The van der Waals surface area contributed by atoms with E-state index >= 15 is 0 Å². The SMILES string of the molecule is CCC(C)(O)CNCC(O)COCC(C)C. The first-order chi connectivity index (χ1) is 7.37. The molecule has 3 N–H and O–H groups in total. The zero-order chi connectivity index (χ0) is 12.6. The van der Waals surface area contributed by atoms with E-state index in [1.807, 2.05) is 6.92 Å². The van der Waals surface area contributed by atoms with Crippen LogP contribution in [-0.2, 0) is 4.74 Å². The third kappa shape index (κ3) is 9.09. The predicted molar refractivity (Wildman–Crippen MR) is 65.4 cm³/mol. The van der Waals surface area contributed by atoms with Crippen LogP contribution in [0.4, 0.5) is 0 Å². The van der Waals surface area contributed by atoms with Gasteiger partial charge in [-0.05, 0) is 19.3 Å². The first-order valence-corrected chi connectivity index (χ1v) is 6.06. The van der Waals surface area contributed by atoms with Gasteiger partial charge in [0.15, 0.2) is 0 Å². The third-order valence-electron chi connectivity index (χ3n) is 2.41. The Morgan fingerprint density at radius 2 is 1.94 bits per heavy atom. The first-order valence-electron chi connectivity index (χ1n) is 6.06. The molecule has 0 saturated carbocycles. The van der Waals surface area contributed by atoms with Gasteiger partial charge in [0.05, 0.1) is 18.3 Å². The lowest BCUT2D eigenvalue weighted by atomic mass is 10.0. The lowest BCUT2D eigenvalue weighted by Crippen LogP contribution is -2.41. The first kappa shape index (κ1) is 15.8. The van der Waals surface area contributed by atoms with Crippen molar-refractivity contribution in [3.8, 4) is 0 Å². The van der Waals surface area contributed by atoms with Gasteiger partial charge < -0.3 is 20.3 Å².